The van der Waals surface area contributed by atoms with E-state index >= 15 is 0 Å². The average Bonchev–Trinajstić information content (AvgIpc) is 3.24. The number of ether oxygens (including phenoxy) is 2. The van der Waals surface area contributed by atoms with Gasteiger partial charge in [0.25, 0.3) is 0 Å². The fourth-order valence-electron chi connectivity index (χ4n) is 2.62. The van der Waals surface area contributed by atoms with Crippen molar-refractivity contribution in [1.29, 1.82) is 0 Å². The van der Waals surface area contributed by atoms with Gasteiger partial charge in [-0.25, -0.2) is 14.5 Å². The van der Waals surface area contributed by atoms with Crippen LogP contribution in [0.25, 0.3) is 15.3 Å². The van der Waals surface area contributed by atoms with E-state index < -0.39 is 0 Å². The highest BCUT2D eigenvalue weighted by Gasteiger charge is 2.21. The molecule has 8 heteroatoms. The predicted molar refractivity (Wildman–Crippen MR) is 101 cm³/mol. The third kappa shape index (κ3) is 3.92. The number of carbonyl (C=O) groups excluding carboxylic acids is 1. The lowest BCUT2D eigenvalue weighted by Crippen LogP contribution is -2.31. The maximum Gasteiger partial charge on any atom is 0.341 e. The Balaban J connectivity index is 1.96. The van der Waals surface area contributed by atoms with Gasteiger partial charge in [0.05, 0.1) is 35.3 Å². The monoisotopic (exact) mass is 374 g/mol. The van der Waals surface area contributed by atoms with Crippen LogP contribution in [-0.2, 0) is 16.0 Å². The van der Waals surface area contributed by atoms with Gasteiger partial charge in [0.15, 0.2) is 0 Å². The van der Waals surface area contributed by atoms with E-state index in [4.69, 9.17) is 9.47 Å². The summed E-state index contributed by atoms with van der Waals surface area (Å²) in [5, 5.41) is 8.47. The highest BCUT2D eigenvalue weighted by molar-refractivity contribution is 7.20. The number of methoxy groups -OCH3 is 1. The molecule has 2 aromatic heterocycles. The fourth-order valence-corrected chi connectivity index (χ4v) is 3.57. The van der Waals surface area contributed by atoms with Gasteiger partial charge in [-0.05, 0) is 26.0 Å². The molecule has 26 heavy (non-hydrogen) atoms. The SMILES string of the molecule is CCOC(=O)c1cnn(-c2nc3ccccc3s2)c1CNC(C)COC. The predicted octanol–water partition coefficient (Wildman–Crippen LogP) is 2.78. The Morgan fingerprint density at radius 3 is 2.92 bits per heavy atom. The molecule has 0 bridgehead atoms. The molecule has 2 heterocycles. The quantitative estimate of drug-likeness (QED) is 0.611. The molecule has 7 nitrogen and oxygen atoms in total. The lowest BCUT2D eigenvalue weighted by atomic mass is 10.2. The maximum atomic E-state index is 12.3. The highest BCUT2D eigenvalue weighted by Crippen LogP contribution is 2.26. The van der Waals surface area contributed by atoms with Gasteiger partial charge in [-0.15, -0.1) is 0 Å². The minimum absolute atomic E-state index is 0.133. The number of rotatable bonds is 8. The first-order valence-corrected chi connectivity index (χ1v) is 9.28. The second-order valence-electron chi connectivity index (χ2n) is 5.84. The fraction of sp³-hybridized carbons (Fsp3) is 0.389. The summed E-state index contributed by atoms with van der Waals surface area (Å²) in [4.78, 5) is 16.9. The van der Waals surface area contributed by atoms with Crippen molar-refractivity contribution in [2.24, 2.45) is 0 Å². The van der Waals surface area contributed by atoms with Crippen LogP contribution in [0.15, 0.2) is 30.5 Å². The Kier molecular flexibility index (Phi) is 5.97. The Morgan fingerprint density at radius 1 is 1.38 bits per heavy atom. The number of hydrogen-bond acceptors (Lipinski definition) is 7. The van der Waals surface area contributed by atoms with Gasteiger partial charge in [-0.1, -0.05) is 23.5 Å². The topological polar surface area (TPSA) is 78.3 Å². The lowest BCUT2D eigenvalue weighted by molar-refractivity contribution is 0.0524. The minimum Gasteiger partial charge on any atom is -0.462 e. The van der Waals surface area contributed by atoms with Gasteiger partial charge in [0, 0.05) is 19.7 Å². The molecule has 0 fully saturated rings. The number of thiazole rings is 1. The zero-order valence-electron chi connectivity index (χ0n) is 15.1. The molecule has 0 aliphatic heterocycles. The molecule has 1 atom stereocenters. The summed E-state index contributed by atoms with van der Waals surface area (Å²) >= 11 is 1.53. The zero-order valence-corrected chi connectivity index (χ0v) is 15.9. The molecule has 138 valence electrons. The molecular weight excluding hydrogens is 352 g/mol. The summed E-state index contributed by atoms with van der Waals surface area (Å²) in [6.07, 6.45) is 1.54. The minimum atomic E-state index is -0.379. The first-order valence-electron chi connectivity index (χ1n) is 8.46. The van der Waals surface area contributed by atoms with Gasteiger partial charge in [-0.2, -0.15) is 5.10 Å². The van der Waals surface area contributed by atoms with Crippen molar-refractivity contribution < 1.29 is 14.3 Å². The van der Waals surface area contributed by atoms with Crippen LogP contribution >= 0.6 is 11.3 Å². The summed E-state index contributed by atoms with van der Waals surface area (Å²) < 4.78 is 13.1. The average molecular weight is 374 g/mol. The number of carbonyl (C=O) groups is 1. The van der Waals surface area contributed by atoms with Crippen LogP contribution in [0.2, 0.25) is 0 Å². The molecule has 0 saturated heterocycles. The molecule has 1 unspecified atom stereocenters. The van der Waals surface area contributed by atoms with Crippen LogP contribution in [0.5, 0.6) is 0 Å². The highest BCUT2D eigenvalue weighted by atomic mass is 32.1. The molecule has 0 spiro atoms. The molecular formula is C18H22N4O3S. The second kappa shape index (κ2) is 8.39. The maximum absolute atomic E-state index is 12.3. The first kappa shape index (κ1) is 18.5. The Bertz CT molecular complexity index is 857. The van der Waals surface area contributed by atoms with E-state index in [9.17, 15) is 4.79 Å². The zero-order chi connectivity index (χ0) is 18.5. The van der Waals surface area contributed by atoms with Crippen LogP contribution in [0.4, 0.5) is 0 Å². The number of benzene rings is 1. The van der Waals surface area contributed by atoms with E-state index in [1.165, 1.54) is 11.3 Å². The van der Waals surface area contributed by atoms with Crippen molar-refractivity contribution in [3.05, 3.63) is 41.7 Å². The molecule has 3 rings (SSSR count). The number of hydrogen-bond donors (Lipinski definition) is 1. The van der Waals surface area contributed by atoms with Gasteiger partial charge in [0.1, 0.15) is 5.56 Å². The third-order valence-corrected chi connectivity index (χ3v) is 4.87. The number of nitrogens with zero attached hydrogens (tertiary/aromatic N) is 3. The molecule has 1 aromatic carbocycles. The number of fused-ring (bicyclic) bond motifs is 1. The van der Waals surface area contributed by atoms with Crippen LogP contribution in [0.3, 0.4) is 0 Å². The van der Waals surface area contributed by atoms with E-state index in [0.717, 1.165) is 21.0 Å². The van der Waals surface area contributed by atoms with E-state index in [1.807, 2.05) is 31.2 Å². The summed E-state index contributed by atoms with van der Waals surface area (Å²) in [6, 6.07) is 8.04. The van der Waals surface area contributed by atoms with Gasteiger partial charge >= 0.3 is 5.97 Å². The van der Waals surface area contributed by atoms with Crippen LogP contribution < -0.4 is 5.32 Å². The standard InChI is InChI=1S/C18H22N4O3S/c1-4-25-17(23)13-9-20-22(15(13)10-19-12(2)11-24-3)18-21-14-7-5-6-8-16(14)26-18/h5-9,12,19H,4,10-11H2,1-3H3. The molecule has 0 saturated carbocycles. The van der Waals surface area contributed by atoms with Gasteiger partial charge in [0.2, 0.25) is 5.13 Å². The van der Waals surface area contributed by atoms with Gasteiger partial charge in [-0.3, -0.25) is 0 Å². The summed E-state index contributed by atoms with van der Waals surface area (Å²) in [5.41, 5.74) is 2.08. The lowest BCUT2D eigenvalue weighted by Gasteiger charge is -2.14. The Labute approximate surface area is 155 Å². The third-order valence-electron chi connectivity index (χ3n) is 3.86. The van der Waals surface area contributed by atoms with Crippen molar-refractivity contribution in [3.63, 3.8) is 0 Å². The molecule has 0 amide bonds. The number of para-hydroxylation sites is 1. The molecule has 0 aliphatic carbocycles. The second-order valence-corrected chi connectivity index (χ2v) is 6.85. The largest absolute Gasteiger partial charge is 0.462 e. The van der Waals surface area contributed by atoms with Crippen molar-refractivity contribution in [3.8, 4) is 5.13 Å². The molecule has 1 N–H and O–H groups in total. The Hall–Kier alpha value is -2.29. The molecule has 3 aromatic rings. The summed E-state index contributed by atoms with van der Waals surface area (Å²) in [7, 11) is 1.66. The van der Waals surface area contributed by atoms with Crippen LogP contribution in [-0.4, -0.2) is 47.1 Å². The summed E-state index contributed by atoms with van der Waals surface area (Å²) in [5.74, 6) is -0.379. The Morgan fingerprint density at radius 2 is 2.19 bits per heavy atom. The van der Waals surface area contributed by atoms with Crippen molar-refractivity contribution in [1.82, 2.24) is 20.1 Å². The van der Waals surface area contributed by atoms with Crippen molar-refractivity contribution in [2.45, 2.75) is 26.4 Å². The number of aromatic nitrogens is 3. The number of esters is 1. The smallest absolute Gasteiger partial charge is 0.341 e. The molecule has 0 radical (unpaired) electrons. The van der Waals surface area contributed by atoms with E-state index in [1.54, 1.807) is 24.9 Å². The van der Waals surface area contributed by atoms with Gasteiger partial charge < -0.3 is 14.8 Å². The summed E-state index contributed by atoms with van der Waals surface area (Å²) in [6.45, 7) is 5.15. The van der Waals surface area contributed by atoms with E-state index in [0.29, 0.717) is 25.3 Å². The normalized spacial score (nSPS) is 12.4. The first-order chi connectivity index (χ1) is 12.6. The van der Waals surface area contributed by atoms with E-state index in [-0.39, 0.29) is 12.0 Å². The van der Waals surface area contributed by atoms with Crippen molar-refractivity contribution >= 4 is 27.5 Å². The van der Waals surface area contributed by atoms with Crippen LogP contribution in [0.1, 0.15) is 29.9 Å². The molecule has 0 aliphatic rings. The van der Waals surface area contributed by atoms with E-state index in [2.05, 4.69) is 15.4 Å². The van der Waals surface area contributed by atoms with Crippen LogP contribution in [0, 0.1) is 0 Å². The number of nitrogens with one attached hydrogen (secondary N) is 1. The van der Waals surface area contributed by atoms with Crippen molar-refractivity contribution in [2.75, 3.05) is 20.3 Å².